The highest BCUT2D eigenvalue weighted by Gasteiger charge is 2.32. The summed E-state index contributed by atoms with van der Waals surface area (Å²) in [5.74, 6) is -0.222. The molecule has 0 radical (unpaired) electrons. The molecule has 1 aromatic heterocycles. The molecule has 0 spiro atoms. The van der Waals surface area contributed by atoms with E-state index < -0.39 is 0 Å². The first-order valence-corrected chi connectivity index (χ1v) is 7.17. The lowest BCUT2D eigenvalue weighted by Gasteiger charge is -2.18. The van der Waals surface area contributed by atoms with Crippen LogP contribution in [0.3, 0.4) is 0 Å². The first-order valence-electron chi connectivity index (χ1n) is 7.17. The van der Waals surface area contributed by atoms with Crippen LogP contribution in [-0.4, -0.2) is 64.7 Å². The van der Waals surface area contributed by atoms with Crippen LogP contribution in [0.4, 0.5) is 4.79 Å². The summed E-state index contributed by atoms with van der Waals surface area (Å²) in [4.78, 5) is 43.6. The molecule has 0 bridgehead atoms. The fraction of sp³-hybridized carbons (Fsp3) is 0.467. The molecule has 1 fully saturated rings. The van der Waals surface area contributed by atoms with Crippen LogP contribution in [0.2, 0.25) is 0 Å². The summed E-state index contributed by atoms with van der Waals surface area (Å²) in [6.07, 6.45) is 4.19. The van der Waals surface area contributed by atoms with Crippen LogP contribution in [0, 0.1) is 0 Å². The van der Waals surface area contributed by atoms with Crippen molar-refractivity contribution in [1.29, 1.82) is 0 Å². The third kappa shape index (κ3) is 3.81. The monoisotopic (exact) mass is 304 g/mol. The minimum Gasteiger partial charge on any atom is -0.341 e. The maximum Gasteiger partial charge on any atom is 0.326 e. The van der Waals surface area contributed by atoms with Crippen LogP contribution >= 0.6 is 0 Å². The van der Waals surface area contributed by atoms with Gasteiger partial charge in [-0.1, -0.05) is 6.07 Å². The van der Waals surface area contributed by atoms with Crippen molar-refractivity contribution in [3.05, 3.63) is 30.1 Å². The smallest absolute Gasteiger partial charge is 0.326 e. The number of pyridine rings is 1. The molecule has 0 saturated carbocycles. The van der Waals surface area contributed by atoms with E-state index >= 15 is 0 Å². The van der Waals surface area contributed by atoms with Crippen molar-refractivity contribution in [2.24, 2.45) is 0 Å². The summed E-state index contributed by atoms with van der Waals surface area (Å²) < 4.78 is 0. The van der Waals surface area contributed by atoms with Gasteiger partial charge in [-0.15, -0.1) is 0 Å². The second kappa shape index (κ2) is 7.02. The van der Waals surface area contributed by atoms with E-state index in [0.717, 1.165) is 5.56 Å². The van der Waals surface area contributed by atoms with Gasteiger partial charge in [-0.05, 0) is 18.1 Å². The topological polar surface area (TPSA) is 73.8 Å². The average Bonchev–Trinajstić information content (AvgIpc) is 2.74. The van der Waals surface area contributed by atoms with Crippen molar-refractivity contribution < 1.29 is 14.4 Å². The van der Waals surface area contributed by atoms with Crippen molar-refractivity contribution >= 4 is 17.8 Å². The Balaban J connectivity index is 1.76. The van der Waals surface area contributed by atoms with E-state index in [9.17, 15) is 14.4 Å². The molecule has 7 heteroatoms. The summed E-state index contributed by atoms with van der Waals surface area (Å²) in [7, 11) is 3.32. The van der Waals surface area contributed by atoms with Crippen molar-refractivity contribution in [2.75, 3.05) is 27.2 Å². The van der Waals surface area contributed by atoms with Crippen molar-refractivity contribution in [2.45, 2.75) is 19.4 Å². The predicted molar refractivity (Wildman–Crippen MR) is 79.7 cm³/mol. The predicted octanol–water partition coefficient (Wildman–Crippen LogP) is 0.714. The van der Waals surface area contributed by atoms with Gasteiger partial charge in [0.05, 0.1) is 0 Å². The first-order chi connectivity index (χ1) is 10.5. The van der Waals surface area contributed by atoms with E-state index in [1.807, 2.05) is 12.1 Å². The molecule has 0 aromatic carbocycles. The molecule has 0 N–H and O–H groups in total. The van der Waals surface area contributed by atoms with Crippen molar-refractivity contribution in [3.63, 3.8) is 0 Å². The lowest BCUT2D eigenvalue weighted by Crippen LogP contribution is -2.33. The minimum atomic E-state index is -0.291. The summed E-state index contributed by atoms with van der Waals surface area (Å²) in [6.45, 7) is 0.902. The van der Waals surface area contributed by atoms with Gasteiger partial charge in [-0.25, -0.2) is 4.79 Å². The Hall–Kier alpha value is -2.44. The number of rotatable bonds is 6. The Kier molecular flexibility index (Phi) is 5.08. The number of aromatic nitrogens is 1. The lowest BCUT2D eigenvalue weighted by atomic mass is 10.2. The minimum absolute atomic E-state index is 0.0173. The quantitative estimate of drug-likeness (QED) is 0.726. The second-order valence-electron chi connectivity index (χ2n) is 5.40. The molecule has 118 valence electrons. The van der Waals surface area contributed by atoms with Crippen molar-refractivity contribution in [3.8, 4) is 0 Å². The zero-order valence-electron chi connectivity index (χ0n) is 12.9. The molecule has 0 unspecified atom stereocenters. The van der Waals surface area contributed by atoms with Gasteiger partial charge in [-0.2, -0.15) is 0 Å². The number of likely N-dealkylation sites (N-methyl/N-ethyl adjacent to an activating group) is 1. The van der Waals surface area contributed by atoms with Crippen LogP contribution in [0.25, 0.3) is 0 Å². The summed E-state index contributed by atoms with van der Waals surface area (Å²) in [6, 6.07) is 3.45. The third-order valence-electron chi connectivity index (χ3n) is 3.57. The molecular weight excluding hydrogens is 284 g/mol. The Morgan fingerprint density at radius 3 is 2.77 bits per heavy atom. The highest BCUT2D eigenvalue weighted by atomic mass is 16.2. The number of hydrogen-bond donors (Lipinski definition) is 0. The SMILES string of the molecule is CN(Cc1cccnc1)C(=O)CCCN1C(=O)CN(C)C1=O. The van der Waals surface area contributed by atoms with Gasteiger partial charge in [0.2, 0.25) is 11.8 Å². The molecular formula is C15H20N4O3. The molecule has 1 saturated heterocycles. The molecule has 4 amide bonds. The summed E-state index contributed by atoms with van der Waals surface area (Å²) in [5, 5.41) is 0. The highest BCUT2D eigenvalue weighted by Crippen LogP contribution is 2.10. The van der Waals surface area contributed by atoms with Crippen LogP contribution in [-0.2, 0) is 16.1 Å². The Bertz CT molecular complexity index is 561. The van der Waals surface area contributed by atoms with Crippen LogP contribution in [0.5, 0.6) is 0 Å². The zero-order chi connectivity index (χ0) is 16.1. The van der Waals surface area contributed by atoms with Crippen LogP contribution in [0.1, 0.15) is 18.4 Å². The second-order valence-corrected chi connectivity index (χ2v) is 5.40. The molecule has 2 rings (SSSR count). The van der Waals surface area contributed by atoms with Gasteiger partial charge in [0, 0.05) is 46.0 Å². The maximum atomic E-state index is 12.1. The molecule has 22 heavy (non-hydrogen) atoms. The molecule has 0 atom stereocenters. The first kappa shape index (κ1) is 15.9. The molecule has 7 nitrogen and oxygen atoms in total. The lowest BCUT2D eigenvalue weighted by molar-refractivity contribution is -0.131. The third-order valence-corrected chi connectivity index (χ3v) is 3.57. The van der Waals surface area contributed by atoms with Gasteiger partial charge >= 0.3 is 6.03 Å². The molecule has 1 aliphatic heterocycles. The summed E-state index contributed by atoms with van der Waals surface area (Å²) in [5.41, 5.74) is 0.963. The van der Waals surface area contributed by atoms with E-state index in [2.05, 4.69) is 4.98 Å². The van der Waals surface area contributed by atoms with Gasteiger partial charge in [-0.3, -0.25) is 19.5 Å². The van der Waals surface area contributed by atoms with E-state index in [1.165, 1.54) is 9.80 Å². The zero-order valence-corrected chi connectivity index (χ0v) is 12.9. The number of imide groups is 1. The fourth-order valence-electron chi connectivity index (χ4n) is 2.32. The number of amides is 4. The Labute approximate surface area is 129 Å². The number of carbonyl (C=O) groups is 3. The fourth-order valence-corrected chi connectivity index (χ4v) is 2.32. The Morgan fingerprint density at radius 1 is 1.41 bits per heavy atom. The van der Waals surface area contributed by atoms with Gasteiger partial charge in [0.1, 0.15) is 6.54 Å². The molecule has 1 aliphatic rings. The van der Waals surface area contributed by atoms with Gasteiger partial charge in [0.15, 0.2) is 0 Å². The number of urea groups is 1. The van der Waals surface area contributed by atoms with Gasteiger partial charge in [0.25, 0.3) is 0 Å². The normalized spacial score (nSPS) is 14.6. The number of nitrogens with zero attached hydrogens (tertiary/aromatic N) is 4. The Morgan fingerprint density at radius 2 is 2.18 bits per heavy atom. The van der Waals surface area contributed by atoms with E-state index in [0.29, 0.717) is 19.4 Å². The highest BCUT2D eigenvalue weighted by molar-refractivity contribution is 6.01. The standard InChI is InChI=1S/C15H20N4O3/c1-17(10-12-5-3-7-16-9-12)13(20)6-4-8-19-14(21)11-18(2)15(19)22/h3,5,7,9H,4,6,8,10-11H2,1-2H3. The van der Waals surface area contributed by atoms with E-state index in [4.69, 9.17) is 0 Å². The summed E-state index contributed by atoms with van der Waals surface area (Å²) >= 11 is 0. The van der Waals surface area contributed by atoms with E-state index in [-0.39, 0.29) is 30.9 Å². The van der Waals surface area contributed by atoms with Crippen LogP contribution in [0.15, 0.2) is 24.5 Å². The number of carbonyl (C=O) groups excluding carboxylic acids is 3. The van der Waals surface area contributed by atoms with Crippen LogP contribution < -0.4 is 0 Å². The molecule has 2 heterocycles. The largest absolute Gasteiger partial charge is 0.341 e. The average molecular weight is 304 g/mol. The maximum absolute atomic E-state index is 12.1. The van der Waals surface area contributed by atoms with Gasteiger partial charge < -0.3 is 9.80 Å². The van der Waals surface area contributed by atoms with Crippen molar-refractivity contribution in [1.82, 2.24) is 19.7 Å². The number of hydrogen-bond acceptors (Lipinski definition) is 4. The van der Waals surface area contributed by atoms with E-state index in [1.54, 1.807) is 31.4 Å². The molecule has 0 aliphatic carbocycles. The molecule has 1 aromatic rings.